The van der Waals surface area contributed by atoms with E-state index < -0.39 is 5.41 Å². The number of halogens is 2. The Labute approximate surface area is 116 Å². The summed E-state index contributed by atoms with van der Waals surface area (Å²) < 4.78 is 13.7. The molecule has 0 aromatic heterocycles. The van der Waals surface area contributed by atoms with Gasteiger partial charge in [-0.25, -0.2) is 4.39 Å². The van der Waals surface area contributed by atoms with Crippen molar-refractivity contribution in [1.82, 2.24) is 0 Å². The summed E-state index contributed by atoms with van der Waals surface area (Å²) >= 11 is 3.32. The van der Waals surface area contributed by atoms with E-state index in [1.807, 2.05) is 0 Å². The van der Waals surface area contributed by atoms with Crippen molar-refractivity contribution in [2.75, 3.05) is 13.2 Å². The van der Waals surface area contributed by atoms with Gasteiger partial charge in [0, 0.05) is 9.89 Å². The van der Waals surface area contributed by atoms with Crippen molar-refractivity contribution in [3.63, 3.8) is 0 Å². The van der Waals surface area contributed by atoms with Crippen LogP contribution in [0.3, 0.4) is 0 Å². The number of hydrogen-bond acceptors (Lipinski definition) is 2. The molecular formula is C14H20BrFO2. The fourth-order valence-electron chi connectivity index (χ4n) is 2.30. The fraction of sp³-hybridized carbons (Fsp3) is 0.571. The van der Waals surface area contributed by atoms with Crippen LogP contribution >= 0.6 is 15.9 Å². The van der Waals surface area contributed by atoms with Gasteiger partial charge in [0.2, 0.25) is 0 Å². The van der Waals surface area contributed by atoms with E-state index in [4.69, 9.17) is 0 Å². The first-order chi connectivity index (χ1) is 8.42. The molecule has 0 bridgehead atoms. The molecule has 0 spiro atoms. The third-order valence-corrected chi connectivity index (χ3v) is 3.83. The van der Waals surface area contributed by atoms with E-state index >= 15 is 0 Å². The Balaban J connectivity index is 2.95. The summed E-state index contributed by atoms with van der Waals surface area (Å²) in [7, 11) is 0. The minimum absolute atomic E-state index is 0.0779. The van der Waals surface area contributed by atoms with Gasteiger partial charge in [-0.3, -0.25) is 0 Å². The van der Waals surface area contributed by atoms with Gasteiger partial charge in [-0.05, 0) is 36.5 Å². The van der Waals surface area contributed by atoms with Crippen LogP contribution < -0.4 is 0 Å². The molecule has 1 rings (SSSR count). The molecule has 4 heteroatoms. The third-order valence-electron chi connectivity index (χ3n) is 3.09. The highest BCUT2D eigenvalue weighted by atomic mass is 79.9. The van der Waals surface area contributed by atoms with Crippen LogP contribution in [0.2, 0.25) is 0 Å². The minimum atomic E-state index is -0.547. The second kappa shape index (κ2) is 6.64. The third kappa shape index (κ3) is 4.04. The molecule has 1 aromatic carbocycles. The normalized spacial score (nSPS) is 12.2. The molecule has 0 aliphatic carbocycles. The summed E-state index contributed by atoms with van der Waals surface area (Å²) in [4.78, 5) is 0. The minimum Gasteiger partial charge on any atom is -0.396 e. The van der Waals surface area contributed by atoms with Crippen molar-refractivity contribution in [3.05, 3.63) is 34.1 Å². The summed E-state index contributed by atoms with van der Waals surface area (Å²) in [5.74, 6) is 0.0802. The number of benzene rings is 1. The molecule has 102 valence electrons. The van der Waals surface area contributed by atoms with Crippen molar-refractivity contribution in [2.45, 2.75) is 26.7 Å². The first-order valence-electron chi connectivity index (χ1n) is 6.08. The Morgan fingerprint density at radius 3 is 2.33 bits per heavy atom. The Morgan fingerprint density at radius 1 is 1.28 bits per heavy atom. The molecule has 2 nitrogen and oxygen atoms in total. The lowest BCUT2D eigenvalue weighted by Gasteiger charge is -2.32. The second-order valence-electron chi connectivity index (χ2n) is 5.33. The standard InChI is InChI=1S/C14H20BrFO2/c1-10(2)6-14(8-17,9-18)7-11-3-4-12(16)5-13(11)15/h3-5,10,17-18H,6-9H2,1-2H3. The zero-order chi connectivity index (χ0) is 13.8. The SMILES string of the molecule is CC(C)CC(CO)(CO)Cc1ccc(F)cc1Br. The average molecular weight is 319 g/mol. The Kier molecular flexibility index (Phi) is 5.76. The van der Waals surface area contributed by atoms with Gasteiger partial charge in [0.1, 0.15) is 5.82 Å². The molecule has 0 saturated heterocycles. The Morgan fingerprint density at radius 2 is 1.89 bits per heavy atom. The predicted molar refractivity (Wildman–Crippen MR) is 73.9 cm³/mol. The molecule has 2 N–H and O–H groups in total. The maximum absolute atomic E-state index is 13.0. The highest BCUT2D eigenvalue weighted by molar-refractivity contribution is 9.10. The van der Waals surface area contributed by atoms with Crippen molar-refractivity contribution < 1.29 is 14.6 Å². The molecule has 0 heterocycles. The molecule has 18 heavy (non-hydrogen) atoms. The van der Waals surface area contributed by atoms with Crippen molar-refractivity contribution in [2.24, 2.45) is 11.3 Å². The van der Waals surface area contributed by atoms with Crippen molar-refractivity contribution >= 4 is 15.9 Å². The van der Waals surface area contributed by atoms with Gasteiger partial charge in [0.25, 0.3) is 0 Å². The molecule has 0 aliphatic heterocycles. The van der Waals surface area contributed by atoms with E-state index in [9.17, 15) is 14.6 Å². The van der Waals surface area contributed by atoms with Gasteiger partial charge in [-0.1, -0.05) is 35.8 Å². The number of aliphatic hydroxyl groups is 2. The van der Waals surface area contributed by atoms with Crippen LogP contribution in [0.5, 0.6) is 0 Å². The largest absolute Gasteiger partial charge is 0.396 e. The van der Waals surface area contributed by atoms with E-state index in [1.165, 1.54) is 12.1 Å². The summed E-state index contributed by atoms with van der Waals surface area (Å²) in [5, 5.41) is 19.2. The summed E-state index contributed by atoms with van der Waals surface area (Å²) in [5.41, 5.74) is 0.356. The smallest absolute Gasteiger partial charge is 0.124 e. The maximum Gasteiger partial charge on any atom is 0.124 e. The van der Waals surface area contributed by atoms with Gasteiger partial charge in [0.05, 0.1) is 13.2 Å². The van der Waals surface area contributed by atoms with Crippen LogP contribution in [0.15, 0.2) is 22.7 Å². The summed E-state index contributed by atoms with van der Waals surface area (Å²) in [6.45, 7) is 3.95. The van der Waals surface area contributed by atoms with Gasteiger partial charge in [0.15, 0.2) is 0 Å². The highest BCUT2D eigenvalue weighted by Gasteiger charge is 2.30. The number of aliphatic hydroxyl groups excluding tert-OH is 2. The topological polar surface area (TPSA) is 40.5 Å². The maximum atomic E-state index is 13.0. The molecule has 0 aliphatic rings. The fourth-order valence-corrected chi connectivity index (χ4v) is 2.79. The van der Waals surface area contributed by atoms with Crippen molar-refractivity contribution in [3.8, 4) is 0 Å². The molecule has 1 aromatic rings. The van der Waals surface area contributed by atoms with Crippen molar-refractivity contribution in [1.29, 1.82) is 0 Å². The first kappa shape index (κ1) is 15.6. The average Bonchev–Trinajstić information content (AvgIpc) is 2.31. The van der Waals surface area contributed by atoms with E-state index in [-0.39, 0.29) is 19.0 Å². The zero-order valence-electron chi connectivity index (χ0n) is 10.8. The molecule has 0 radical (unpaired) electrons. The molecule has 0 atom stereocenters. The van der Waals surface area contributed by atoms with Gasteiger partial charge >= 0.3 is 0 Å². The monoisotopic (exact) mass is 318 g/mol. The van der Waals surface area contributed by atoms with E-state index in [0.717, 1.165) is 12.0 Å². The van der Waals surface area contributed by atoms with Crippen LogP contribution in [0.25, 0.3) is 0 Å². The lowest BCUT2D eigenvalue weighted by atomic mass is 9.76. The quantitative estimate of drug-likeness (QED) is 0.846. The van der Waals surface area contributed by atoms with E-state index in [2.05, 4.69) is 29.8 Å². The molecule has 0 unspecified atom stereocenters. The van der Waals surface area contributed by atoms with Crippen LogP contribution in [0.1, 0.15) is 25.8 Å². The van der Waals surface area contributed by atoms with E-state index in [0.29, 0.717) is 16.8 Å². The van der Waals surface area contributed by atoms with Gasteiger partial charge in [-0.2, -0.15) is 0 Å². The van der Waals surface area contributed by atoms with Gasteiger partial charge in [-0.15, -0.1) is 0 Å². The predicted octanol–water partition coefficient (Wildman–Crippen LogP) is 3.15. The van der Waals surface area contributed by atoms with Crippen LogP contribution in [0.4, 0.5) is 4.39 Å². The lowest BCUT2D eigenvalue weighted by molar-refractivity contribution is 0.0368. The summed E-state index contributed by atoms with van der Waals surface area (Å²) in [6, 6.07) is 4.50. The molecule has 0 fully saturated rings. The van der Waals surface area contributed by atoms with Crippen LogP contribution in [0, 0.1) is 17.2 Å². The number of hydrogen-bond donors (Lipinski definition) is 2. The Hall–Kier alpha value is -0.450. The van der Waals surface area contributed by atoms with Crippen LogP contribution in [-0.2, 0) is 6.42 Å². The molecule has 0 saturated carbocycles. The lowest BCUT2D eigenvalue weighted by Crippen LogP contribution is -2.34. The molecule has 0 amide bonds. The summed E-state index contributed by atoms with van der Waals surface area (Å²) in [6.07, 6.45) is 1.25. The zero-order valence-corrected chi connectivity index (χ0v) is 12.4. The van der Waals surface area contributed by atoms with E-state index in [1.54, 1.807) is 6.07 Å². The van der Waals surface area contributed by atoms with Gasteiger partial charge < -0.3 is 10.2 Å². The first-order valence-corrected chi connectivity index (χ1v) is 6.87. The Bertz CT molecular complexity index is 389. The number of rotatable bonds is 6. The van der Waals surface area contributed by atoms with Crippen LogP contribution in [-0.4, -0.2) is 23.4 Å². The molecular weight excluding hydrogens is 299 g/mol. The highest BCUT2D eigenvalue weighted by Crippen LogP contribution is 2.32. The second-order valence-corrected chi connectivity index (χ2v) is 6.18.